The molecule has 0 aliphatic carbocycles. The molecule has 0 amide bonds. The number of hydrogen-bond donors (Lipinski definition) is 1. The fourth-order valence-electron chi connectivity index (χ4n) is 0.317. The second-order valence-corrected chi connectivity index (χ2v) is 1.75. The van der Waals surface area contributed by atoms with Crippen molar-refractivity contribution in [1.29, 1.82) is 0 Å². The smallest absolute Gasteiger partial charge is 0.146 e. The average molecular weight is 119 g/mol. The standard InChI is InChI=1S/C5H13NO2/c1-5(6)3-8-4-7-2/h5H,3-4,6H2,1-2H3/t5-/m1/s1. The Kier molecular flexibility index (Phi) is 4.95. The van der Waals surface area contributed by atoms with Gasteiger partial charge < -0.3 is 15.2 Å². The molecule has 0 rings (SSSR count). The molecule has 3 nitrogen and oxygen atoms in total. The lowest BCUT2D eigenvalue weighted by Crippen LogP contribution is -2.22. The predicted octanol–water partition coefficient (Wildman–Crippen LogP) is -0.0459. The van der Waals surface area contributed by atoms with E-state index >= 15 is 0 Å². The van der Waals surface area contributed by atoms with Crippen LogP contribution in [-0.4, -0.2) is 26.6 Å². The van der Waals surface area contributed by atoms with Crippen molar-refractivity contribution in [1.82, 2.24) is 0 Å². The van der Waals surface area contributed by atoms with Gasteiger partial charge in [-0.3, -0.25) is 0 Å². The summed E-state index contributed by atoms with van der Waals surface area (Å²) in [5.41, 5.74) is 5.35. The Labute approximate surface area is 49.8 Å². The molecule has 0 saturated carbocycles. The number of ether oxygens (including phenoxy) is 2. The van der Waals surface area contributed by atoms with E-state index in [2.05, 4.69) is 4.74 Å². The zero-order valence-corrected chi connectivity index (χ0v) is 5.39. The van der Waals surface area contributed by atoms with E-state index in [9.17, 15) is 0 Å². The Morgan fingerprint density at radius 3 is 2.62 bits per heavy atom. The van der Waals surface area contributed by atoms with Gasteiger partial charge in [-0.05, 0) is 6.92 Å². The second kappa shape index (κ2) is 5.03. The van der Waals surface area contributed by atoms with Crippen molar-refractivity contribution in [2.75, 3.05) is 20.5 Å². The zero-order valence-electron chi connectivity index (χ0n) is 5.39. The Balaban J connectivity index is 2.72. The molecule has 0 aromatic rings. The lowest BCUT2D eigenvalue weighted by Gasteiger charge is -2.03. The average Bonchev–Trinajstić information content (AvgIpc) is 1.66. The van der Waals surface area contributed by atoms with E-state index in [1.807, 2.05) is 6.92 Å². The third kappa shape index (κ3) is 5.88. The third-order valence-electron chi connectivity index (χ3n) is 0.582. The van der Waals surface area contributed by atoms with Gasteiger partial charge in [0.2, 0.25) is 0 Å². The van der Waals surface area contributed by atoms with Gasteiger partial charge in [0, 0.05) is 13.2 Å². The summed E-state index contributed by atoms with van der Waals surface area (Å²) in [6, 6.07) is 0.102. The van der Waals surface area contributed by atoms with E-state index in [4.69, 9.17) is 10.5 Å². The molecule has 0 bridgehead atoms. The first-order valence-electron chi connectivity index (χ1n) is 2.59. The molecule has 0 aliphatic heterocycles. The third-order valence-corrected chi connectivity index (χ3v) is 0.582. The summed E-state index contributed by atoms with van der Waals surface area (Å²) in [4.78, 5) is 0. The Hall–Kier alpha value is -0.120. The maximum Gasteiger partial charge on any atom is 0.146 e. The van der Waals surface area contributed by atoms with Crippen molar-refractivity contribution < 1.29 is 9.47 Å². The highest BCUT2D eigenvalue weighted by Gasteiger charge is 1.90. The first-order chi connectivity index (χ1) is 3.77. The highest BCUT2D eigenvalue weighted by molar-refractivity contribution is 4.46. The van der Waals surface area contributed by atoms with Crippen molar-refractivity contribution in [2.45, 2.75) is 13.0 Å². The first-order valence-corrected chi connectivity index (χ1v) is 2.59. The summed E-state index contributed by atoms with van der Waals surface area (Å²) in [5.74, 6) is 0. The van der Waals surface area contributed by atoms with E-state index in [-0.39, 0.29) is 6.04 Å². The number of hydrogen-bond acceptors (Lipinski definition) is 3. The molecule has 0 heterocycles. The molecule has 2 N–H and O–H groups in total. The van der Waals surface area contributed by atoms with Gasteiger partial charge in [0.25, 0.3) is 0 Å². The van der Waals surface area contributed by atoms with Crippen LogP contribution in [-0.2, 0) is 9.47 Å². The molecule has 0 spiro atoms. The maximum absolute atomic E-state index is 5.35. The van der Waals surface area contributed by atoms with E-state index in [0.29, 0.717) is 13.4 Å². The zero-order chi connectivity index (χ0) is 6.41. The van der Waals surface area contributed by atoms with Gasteiger partial charge in [-0.1, -0.05) is 0 Å². The Morgan fingerprint density at radius 2 is 2.25 bits per heavy atom. The van der Waals surface area contributed by atoms with E-state index < -0.39 is 0 Å². The largest absolute Gasteiger partial charge is 0.359 e. The molecule has 0 unspecified atom stereocenters. The molecule has 8 heavy (non-hydrogen) atoms. The molecule has 50 valence electrons. The lowest BCUT2D eigenvalue weighted by atomic mass is 10.4. The molecule has 3 heteroatoms. The van der Waals surface area contributed by atoms with E-state index in [1.54, 1.807) is 7.11 Å². The van der Waals surface area contributed by atoms with Crippen molar-refractivity contribution in [3.8, 4) is 0 Å². The van der Waals surface area contributed by atoms with Crippen LogP contribution in [0.25, 0.3) is 0 Å². The van der Waals surface area contributed by atoms with Crippen LogP contribution in [0.5, 0.6) is 0 Å². The number of rotatable bonds is 4. The van der Waals surface area contributed by atoms with Crippen molar-refractivity contribution >= 4 is 0 Å². The van der Waals surface area contributed by atoms with Crippen LogP contribution in [0.1, 0.15) is 6.92 Å². The molecule has 0 fully saturated rings. The molecule has 1 atom stereocenters. The molecule has 0 saturated heterocycles. The molecule has 0 aromatic heterocycles. The SMILES string of the molecule is COCOC[C@@H](C)N. The van der Waals surface area contributed by atoms with E-state index in [1.165, 1.54) is 0 Å². The van der Waals surface area contributed by atoms with Crippen LogP contribution in [0.4, 0.5) is 0 Å². The van der Waals surface area contributed by atoms with Crippen LogP contribution < -0.4 is 5.73 Å². The monoisotopic (exact) mass is 119 g/mol. The summed E-state index contributed by atoms with van der Waals surface area (Å²) in [7, 11) is 1.58. The Morgan fingerprint density at radius 1 is 1.62 bits per heavy atom. The first kappa shape index (κ1) is 7.88. The summed E-state index contributed by atoms with van der Waals surface area (Å²) < 4.78 is 9.51. The predicted molar refractivity (Wildman–Crippen MR) is 31.5 cm³/mol. The normalized spacial score (nSPS) is 13.9. The van der Waals surface area contributed by atoms with Crippen LogP contribution in [0.15, 0.2) is 0 Å². The van der Waals surface area contributed by atoms with Gasteiger partial charge in [0.15, 0.2) is 0 Å². The van der Waals surface area contributed by atoms with Crippen LogP contribution in [0.3, 0.4) is 0 Å². The van der Waals surface area contributed by atoms with Gasteiger partial charge in [0.1, 0.15) is 6.79 Å². The summed E-state index contributed by atoms with van der Waals surface area (Å²) in [6.07, 6.45) is 0. The lowest BCUT2D eigenvalue weighted by molar-refractivity contribution is -0.0337. The fourth-order valence-corrected chi connectivity index (χ4v) is 0.317. The summed E-state index contributed by atoms with van der Waals surface area (Å²) >= 11 is 0. The number of methoxy groups -OCH3 is 1. The quantitative estimate of drug-likeness (QED) is 0.417. The van der Waals surface area contributed by atoms with Crippen LogP contribution in [0.2, 0.25) is 0 Å². The summed E-state index contributed by atoms with van der Waals surface area (Å²) in [5, 5.41) is 0. The van der Waals surface area contributed by atoms with Crippen LogP contribution in [0, 0.1) is 0 Å². The Bertz CT molecular complexity index is 47.7. The highest BCUT2D eigenvalue weighted by atomic mass is 16.7. The summed E-state index contributed by atoms with van der Waals surface area (Å²) in [6.45, 7) is 2.78. The van der Waals surface area contributed by atoms with Gasteiger partial charge >= 0.3 is 0 Å². The minimum Gasteiger partial charge on any atom is -0.359 e. The molecule has 0 aliphatic rings. The van der Waals surface area contributed by atoms with Gasteiger partial charge in [-0.15, -0.1) is 0 Å². The van der Waals surface area contributed by atoms with E-state index in [0.717, 1.165) is 0 Å². The minimum atomic E-state index is 0.102. The van der Waals surface area contributed by atoms with Gasteiger partial charge in [-0.2, -0.15) is 0 Å². The molecule has 0 aromatic carbocycles. The van der Waals surface area contributed by atoms with Crippen molar-refractivity contribution in [3.63, 3.8) is 0 Å². The van der Waals surface area contributed by atoms with Crippen LogP contribution >= 0.6 is 0 Å². The maximum atomic E-state index is 5.35. The topological polar surface area (TPSA) is 44.5 Å². The fraction of sp³-hybridized carbons (Fsp3) is 1.00. The number of nitrogens with two attached hydrogens (primary N) is 1. The second-order valence-electron chi connectivity index (χ2n) is 1.75. The molecule has 0 radical (unpaired) electrons. The highest BCUT2D eigenvalue weighted by Crippen LogP contribution is 1.78. The van der Waals surface area contributed by atoms with Gasteiger partial charge in [0.05, 0.1) is 6.61 Å². The molecular formula is C5H13NO2. The molecular weight excluding hydrogens is 106 g/mol. The van der Waals surface area contributed by atoms with Gasteiger partial charge in [-0.25, -0.2) is 0 Å². The van der Waals surface area contributed by atoms with Crippen molar-refractivity contribution in [2.24, 2.45) is 5.73 Å². The van der Waals surface area contributed by atoms with Crippen molar-refractivity contribution in [3.05, 3.63) is 0 Å². The minimum absolute atomic E-state index is 0.102.